The Morgan fingerprint density at radius 2 is 1.77 bits per heavy atom. The molecular weight excluding hydrogens is 568 g/mol. The third-order valence-corrected chi connectivity index (χ3v) is 9.61. The fraction of sp³-hybridized carbons (Fsp3) is 0.452. The lowest BCUT2D eigenvalue weighted by Crippen LogP contribution is -2.36. The highest BCUT2D eigenvalue weighted by atomic mass is 32.2. The quantitative estimate of drug-likeness (QED) is 0.272. The van der Waals surface area contributed by atoms with Crippen molar-refractivity contribution in [2.24, 2.45) is 0 Å². The summed E-state index contributed by atoms with van der Waals surface area (Å²) in [6.07, 6.45) is 6.63. The van der Waals surface area contributed by atoms with Crippen molar-refractivity contribution < 1.29 is 17.9 Å². The van der Waals surface area contributed by atoms with Crippen molar-refractivity contribution >= 4 is 26.9 Å². The van der Waals surface area contributed by atoms with Gasteiger partial charge in [-0.25, -0.2) is 17.9 Å². The van der Waals surface area contributed by atoms with Crippen LogP contribution in [0.25, 0.3) is 16.9 Å². The van der Waals surface area contributed by atoms with Gasteiger partial charge >= 0.3 is 0 Å². The van der Waals surface area contributed by atoms with Gasteiger partial charge in [-0.05, 0) is 69.2 Å². The second-order valence-corrected chi connectivity index (χ2v) is 12.8. The zero-order valence-electron chi connectivity index (χ0n) is 24.6. The van der Waals surface area contributed by atoms with E-state index in [-0.39, 0.29) is 22.2 Å². The van der Waals surface area contributed by atoms with Gasteiger partial charge in [0.2, 0.25) is 0 Å². The molecule has 6 rings (SSSR count). The molecule has 228 valence electrons. The molecule has 1 aliphatic heterocycles. The van der Waals surface area contributed by atoms with Crippen LogP contribution in [0.1, 0.15) is 62.9 Å². The molecule has 4 aromatic rings. The number of ether oxygens (including phenoxy) is 2. The number of anilines is 2. The first-order chi connectivity index (χ1) is 20.8. The fourth-order valence-electron chi connectivity index (χ4n) is 6.03. The van der Waals surface area contributed by atoms with Crippen LogP contribution in [0.15, 0.2) is 52.2 Å². The van der Waals surface area contributed by atoms with Gasteiger partial charge in [-0.2, -0.15) is 0 Å². The minimum absolute atomic E-state index is 0.0248. The Bertz CT molecular complexity index is 1750. The summed E-state index contributed by atoms with van der Waals surface area (Å²) in [7, 11) is -3.97. The van der Waals surface area contributed by atoms with Crippen LogP contribution in [0.2, 0.25) is 0 Å². The summed E-state index contributed by atoms with van der Waals surface area (Å²) >= 11 is 0. The standard InChI is InChI=1S/C31H38N6O5S/c1-3-42-27-15-14-25(43(39,40)35-23-10-12-24(13-11-23)36-16-18-41-19-17-36)20-26(27)29-33-31(38)28-21(2)32-30(37(28)34-29)22-8-6-4-5-7-9-22/h10-15,20,22,35H,3-9,16-19H2,1-2H3,(H,33,34,38). The molecule has 0 spiro atoms. The number of nitrogens with zero attached hydrogens (tertiary/aromatic N) is 4. The summed E-state index contributed by atoms with van der Waals surface area (Å²) in [4.78, 5) is 23.2. The summed E-state index contributed by atoms with van der Waals surface area (Å²) in [6.45, 7) is 6.96. The molecule has 2 aliphatic rings. The molecule has 2 aromatic heterocycles. The lowest BCUT2D eigenvalue weighted by Gasteiger charge is -2.28. The third-order valence-electron chi connectivity index (χ3n) is 8.23. The number of rotatable bonds is 8. The van der Waals surface area contributed by atoms with E-state index in [1.54, 1.807) is 22.7 Å². The van der Waals surface area contributed by atoms with Gasteiger partial charge in [0, 0.05) is 30.4 Å². The van der Waals surface area contributed by atoms with Crippen LogP contribution in [0, 0.1) is 6.92 Å². The summed E-state index contributed by atoms with van der Waals surface area (Å²) in [5.41, 5.74) is 2.55. The Labute approximate surface area is 251 Å². The first kappa shape index (κ1) is 29.2. The average Bonchev–Trinajstić information content (AvgIpc) is 3.16. The Kier molecular flexibility index (Phi) is 8.40. The van der Waals surface area contributed by atoms with Crippen molar-refractivity contribution in [3.63, 3.8) is 0 Å². The van der Waals surface area contributed by atoms with Crippen LogP contribution in [-0.4, -0.2) is 60.9 Å². The lowest BCUT2D eigenvalue weighted by atomic mass is 10.00. The number of sulfonamides is 1. The van der Waals surface area contributed by atoms with Crippen LogP contribution in [-0.2, 0) is 14.8 Å². The molecule has 0 bridgehead atoms. The SMILES string of the molecule is CCOc1ccc(S(=O)(=O)Nc2ccc(N3CCOCC3)cc2)cc1-c1nn2c(C3CCCCCC3)nc(C)c2c(=O)[nH]1. The van der Waals surface area contributed by atoms with E-state index in [9.17, 15) is 13.2 Å². The number of fused-ring (bicyclic) bond motifs is 1. The van der Waals surface area contributed by atoms with Crippen molar-refractivity contribution in [2.45, 2.75) is 63.2 Å². The minimum atomic E-state index is -3.97. The molecule has 0 atom stereocenters. The number of hydrogen-bond donors (Lipinski definition) is 2. The number of nitrogens with one attached hydrogen (secondary N) is 2. The molecule has 11 nitrogen and oxygen atoms in total. The second-order valence-electron chi connectivity index (χ2n) is 11.1. The summed E-state index contributed by atoms with van der Waals surface area (Å²) in [5.74, 6) is 1.64. The van der Waals surface area contributed by atoms with Crippen LogP contribution in [0.5, 0.6) is 5.75 Å². The fourth-order valence-corrected chi connectivity index (χ4v) is 7.12. The van der Waals surface area contributed by atoms with Gasteiger partial charge in [-0.3, -0.25) is 9.52 Å². The van der Waals surface area contributed by atoms with Gasteiger partial charge in [0.25, 0.3) is 15.6 Å². The summed E-state index contributed by atoms with van der Waals surface area (Å²) in [6, 6.07) is 11.9. The Balaban J connectivity index is 1.35. The van der Waals surface area contributed by atoms with E-state index in [1.165, 1.54) is 25.0 Å². The number of aromatic amines is 1. The second kappa shape index (κ2) is 12.4. The molecule has 0 unspecified atom stereocenters. The number of benzene rings is 2. The molecule has 2 N–H and O–H groups in total. The maximum atomic E-state index is 13.5. The lowest BCUT2D eigenvalue weighted by molar-refractivity contribution is 0.122. The molecule has 3 heterocycles. The van der Waals surface area contributed by atoms with Crippen molar-refractivity contribution in [1.29, 1.82) is 0 Å². The predicted molar refractivity (Wildman–Crippen MR) is 166 cm³/mol. The monoisotopic (exact) mass is 606 g/mol. The van der Waals surface area contributed by atoms with Crippen LogP contribution < -0.4 is 19.9 Å². The van der Waals surface area contributed by atoms with Crippen molar-refractivity contribution in [2.75, 3.05) is 42.5 Å². The number of hydrogen-bond acceptors (Lipinski definition) is 8. The van der Waals surface area contributed by atoms with Gasteiger partial charge in [0.15, 0.2) is 11.3 Å². The predicted octanol–water partition coefficient (Wildman–Crippen LogP) is 4.87. The smallest absolute Gasteiger partial charge is 0.277 e. The normalized spacial score (nSPS) is 16.7. The molecule has 1 saturated carbocycles. The van der Waals surface area contributed by atoms with E-state index >= 15 is 0 Å². The van der Waals surface area contributed by atoms with Crippen LogP contribution in [0.3, 0.4) is 0 Å². The molecule has 1 aliphatic carbocycles. The molecule has 43 heavy (non-hydrogen) atoms. The zero-order chi connectivity index (χ0) is 30.0. The largest absolute Gasteiger partial charge is 0.493 e. The highest BCUT2D eigenvalue weighted by Gasteiger charge is 2.25. The van der Waals surface area contributed by atoms with Crippen molar-refractivity contribution in [3.05, 3.63) is 64.3 Å². The highest BCUT2D eigenvalue weighted by molar-refractivity contribution is 7.92. The Morgan fingerprint density at radius 1 is 1.05 bits per heavy atom. The van der Waals surface area contributed by atoms with Gasteiger partial charge in [-0.15, -0.1) is 5.10 Å². The van der Waals surface area contributed by atoms with E-state index in [0.717, 1.165) is 50.3 Å². The first-order valence-corrected chi connectivity index (χ1v) is 16.5. The third kappa shape index (κ3) is 6.12. The average molecular weight is 607 g/mol. The Hall–Kier alpha value is -3.90. The van der Waals surface area contributed by atoms with Gasteiger partial charge in [-0.1, -0.05) is 25.7 Å². The first-order valence-electron chi connectivity index (χ1n) is 15.1. The van der Waals surface area contributed by atoms with E-state index in [1.807, 2.05) is 26.0 Å². The van der Waals surface area contributed by atoms with Crippen molar-refractivity contribution in [3.8, 4) is 17.1 Å². The summed E-state index contributed by atoms with van der Waals surface area (Å²) < 4.78 is 42.7. The Morgan fingerprint density at radius 3 is 2.47 bits per heavy atom. The number of H-pyrrole nitrogens is 1. The zero-order valence-corrected chi connectivity index (χ0v) is 25.5. The molecule has 2 aromatic carbocycles. The van der Waals surface area contributed by atoms with Gasteiger partial charge < -0.3 is 19.4 Å². The van der Waals surface area contributed by atoms with Crippen LogP contribution in [0.4, 0.5) is 11.4 Å². The maximum absolute atomic E-state index is 13.5. The molecule has 2 fully saturated rings. The number of morpholine rings is 1. The number of imidazole rings is 1. The molecule has 0 amide bonds. The highest BCUT2D eigenvalue weighted by Crippen LogP contribution is 2.34. The van der Waals surface area contributed by atoms with Gasteiger partial charge in [0.05, 0.1) is 36.0 Å². The topological polar surface area (TPSA) is 131 Å². The van der Waals surface area contributed by atoms with Crippen LogP contribution >= 0.6 is 0 Å². The maximum Gasteiger partial charge on any atom is 0.277 e. The minimum Gasteiger partial charge on any atom is -0.493 e. The summed E-state index contributed by atoms with van der Waals surface area (Å²) in [5, 5.41) is 4.83. The van der Waals surface area contributed by atoms with E-state index < -0.39 is 10.0 Å². The van der Waals surface area contributed by atoms with E-state index in [2.05, 4.69) is 14.6 Å². The molecular formula is C31H38N6O5S. The van der Waals surface area contributed by atoms with E-state index in [0.29, 0.717) is 48.0 Å². The van der Waals surface area contributed by atoms with E-state index in [4.69, 9.17) is 19.6 Å². The molecule has 0 radical (unpaired) electrons. The van der Waals surface area contributed by atoms with Gasteiger partial charge in [0.1, 0.15) is 11.6 Å². The molecule has 1 saturated heterocycles. The van der Waals surface area contributed by atoms with Crippen molar-refractivity contribution in [1.82, 2.24) is 19.6 Å². The number of aromatic nitrogens is 4. The number of aryl methyl sites for hydroxylation is 1. The molecule has 12 heteroatoms.